The van der Waals surface area contributed by atoms with Crippen LogP contribution in [0.5, 0.6) is 5.75 Å². The van der Waals surface area contributed by atoms with Gasteiger partial charge < -0.3 is 25.6 Å². The fraction of sp³-hybridized carbons (Fsp3) is 0.409. The molecule has 10 heteroatoms. The van der Waals surface area contributed by atoms with Gasteiger partial charge in [-0.1, -0.05) is 6.07 Å². The van der Waals surface area contributed by atoms with E-state index in [0.29, 0.717) is 61.2 Å². The number of amides is 2. The Labute approximate surface area is 186 Å². The van der Waals surface area contributed by atoms with E-state index in [-0.39, 0.29) is 11.8 Å². The van der Waals surface area contributed by atoms with E-state index in [0.717, 1.165) is 13.1 Å². The molecule has 0 saturated carbocycles. The van der Waals surface area contributed by atoms with Crippen LogP contribution in [0.2, 0.25) is 0 Å². The van der Waals surface area contributed by atoms with Crippen molar-refractivity contribution in [2.75, 3.05) is 50.5 Å². The molecule has 0 saturated heterocycles. The standard InChI is InChI=1S/C22H27N7O3/c1-29-9-7-23-18(30)6-3-11-32-16-5-2-4-15(12-16)25-13-17-19-20(24-8-10-29)26-14-27-21(19)28-22(17)31/h2,4-5,12-14,17H,3,6-11H2,1H3,(H,23,30)(H2,24,26,27,28,31). The number of hydrogen-bond acceptors (Lipinski definition) is 8. The van der Waals surface area contributed by atoms with Crippen molar-refractivity contribution in [1.82, 2.24) is 20.2 Å². The molecule has 3 N–H and O–H groups in total. The molecule has 2 aliphatic rings. The number of hydrogen-bond donors (Lipinski definition) is 3. The van der Waals surface area contributed by atoms with Crippen molar-refractivity contribution in [1.29, 1.82) is 0 Å². The average molecular weight is 438 g/mol. The first-order valence-electron chi connectivity index (χ1n) is 10.7. The first kappa shape index (κ1) is 21.7. The average Bonchev–Trinajstić information content (AvgIpc) is 3.11. The van der Waals surface area contributed by atoms with E-state index >= 15 is 0 Å². The lowest BCUT2D eigenvalue weighted by Crippen LogP contribution is -2.35. The molecule has 0 aliphatic carbocycles. The van der Waals surface area contributed by atoms with E-state index in [1.165, 1.54) is 6.33 Å². The van der Waals surface area contributed by atoms with E-state index < -0.39 is 5.92 Å². The zero-order valence-electron chi connectivity index (χ0n) is 18.0. The zero-order chi connectivity index (χ0) is 22.3. The van der Waals surface area contributed by atoms with Crippen molar-refractivity contribution in [3.05, 3.63) is 36.2 Å². The van der Waals surface area contributed by atoms with Crippen LogP contribution < -0.4 is 20.7 Å². The van der Waals surface area contributed by atoms with Crippen molar-refractivity contribution in [2.24, 2.45) is 4.99 Å². The number of ether oxygens (including phenoxy) is 1. The van der Waals surface area contributed by atoms with Gasteiger partial charge in [0.2, 0.25) is 11.8 Å². The number of aromatic nitrogens is 2. The maximum Gasteiger partial charge on any atom is 0.238 e. The number of rotatable bonds is 0. The summed E-state index contributed by atoms with van der Waals surface area (Å²) in [6.45, 7) is 3.12. The van der Waals surface area contributed by atoms with Crippen molar-refractivity contribution in [2.45, 2.75) is 18.8 Å². The van der Waals surface area contributed by atoms with Crippen molar-refractivity contribution in [3.63, 3.8) is 0 Å². The molecule has 4 rings (SSSR count). The van der Waals surface area contributed by atoms with Gasteiger partial charge in [0.1, 0.15) is 29.6 Å². The maximum atomic E-state index is 12.6. The highest BCUT2D eigenvalue weighted by Crippen LogP contribution is 2.34. The third-order valence-corrected chi connectivity index (χ3v) is 5.33. The summed E-state index contributed by atoms with van der Waals surface area (Å²) in [6.07, 6.45) is 4.09. The smallest absolute Gasteiger partial charge is 0.238 e. The SMILES string of the molecule is CN1CCNC(=O)CCCOc2cccc(c2)N=CC2C(=O)Nc3ncnc(c32)NCC1. The minimum absolute atomic E-state index is 0.0210. The molecule has 32 heavy (non-hydrogen) atoms. The minimum Gasteiger partial charge on any atom is -0.494 e. The molecule has 0 fully saturated rings. The Morgan fingerprint density at radius 3 is 2.78 bits per heavy atom. The summed E-state index contributed by atoms with van der Waals surface area (Å²) in [5.41, 5.74) is 1.36. The molecule has 168 valence electrons. The van der Waals surface area contributed by atoms with E-state index in [9.17, 15) is 9.59 Å². The van der Waals surface area contributed by atoms with Crippen LogP contribution in [0.25, 0.3) is 0 Å². The fourth-order valence-electron chi connectivity index (χ4n) is 3.59. The number of anilines is 2. The van der Waals surface area contributed by atoms with Gasteiger partial charge in [-0.05, 0) is 25.6 Å². The summed E-state index contributed by atoms with van der Waals surface area (Å²) in [5.74, 6) is 1.02. The lowest BCUT2D eigenvalue weighted by molar-refractivity contribution is -0.121. The summed E-state index contributed by atoms with van der Waals surface area (Å²) in [7, 11) is 1.99. The van der Waals surface area contributed by atoms with Crippen LogP contribution >= 0.6 is 0 Å². The molecule has 2 bridgehead atoms. The Morgan fingerprint density at radius 1 is 1.09 bits per heavy atom. The number of benzene rings is 1. The van der Waals surface area contributed by atoms with Gasteiger partial charge in [0.15, 0.2) is 0 Å². The van der Waals surface area contributed by atoms with Gasteiger partial charge in [-0.2, -0.15) is 0 Å². The van der Waals surface area contributed by atoms with Gasteiger partial charge in [-0.3, -0.25) is 14.6 Å². The molecule has 3 heterocycles. The summed E-state index contributed by atoms with van der Waals surface area (Å²) in [5, 5.41) is 9.05. The molecule has 1 atom stereocenters. The highest BCUT2D eigenvalue weighted by atomic mass is 16.5. The summed E-state index contributed by atoms with van der Waals surface area (Å²) in [4.78, 5) is 39.8. The second-order valence-electron chi connectivity index (χ2n) is 7.76. The predicted octanol–water partition coefficient (Wildman–Crippen LogP) is 1.55. The topological polar surface area (TPSA) is 121 Å². The Bertz CT molecular complexity index is 1010. The summed E-state index contributed by atoms with van der Waals surface area (Å²) in [6, 6.07) is 7.33. The van der Waals surface area contributed by atoms with Crippen LogP contribution in [-0.2, 0) is 9.59 Å². The number of carbonyl (C=O) groups excluding carboxylic acids is 2. The maximum absolute atomic E-state index is 12.6. The molecule has 0 radical (unpaired) electrons. The third kappa shape index (κ3) is 5.38. The van der Waals surface area contributed by atoms with Gasteiger partial charge in [0, 0.05) is 44.9 Å². The van der Waals surface area contributed by atoms with Crippen LogP contribution in [0, 0.1) is 0 Å². The minimum atomic E-state index is -0.586. The molecular weight excluding hydrogens is 410 g/mol. The molecule has 10 nitrogen and oxygen atoms in total. The van der Waals surface area contributed by atoms with Crippen LogP contribution in [0.15, 0.2) is 35.6 Å². The van der Waals surface area contributed by atoms with Gasteiger partial charge in [0.25, 0.3) is 0 Å². The normalized spacial score (nSPS) is 20.3. The zero-order valence-corrected chi connectivity index (χ0v) is 18.0. The van der Waals surface area contributed by atoms with Gasteiger partial charge in [-0.15, -0.1) is 0 Å². The fourth-order valence-corrected chi connectivity index (χ4v) is 3.59. The third-order valence-electron chi connectivity index (χ3n) is 5.33. The summed E-state index contributed by atoms with van der Waals surface area (Å²) >= 11 is 0. The molecule has 1 aromatic heterocycles. The number of aliphatic imine (C=N–C) groups is 1. The van der Waals surface area contributed by atoms with E-state index in [2.05, 4.69) is 35.8 Å². The van der Waals surface area contributed by atoms with Crippen molar-refractivity contribution >= 4 is 35.4 Å². The van der Waals surface area contributed by atoms with Crippen molar-refractivity contribution in [3.8, 4) is 5.75 Å². The lowest BCUT2D eigenvalue weighted by atomic mass is 10.0. The highest BCUT2D eigenvalue weighted by Gasteiger charge is 2.33. The van der Waals surface area contributed by atoms with Crippen LogP contribution in [0.1, 0.15) is 24.3 Å². The second kappa shape index (κ2) is 10.2. The monoisotopic (exact) mass is 437 g/mol. The number of nitrogens with one attached hydrogen (secondary N) is 3. The second-order valence-corrected chi connectivity index (χ2v) is 7.76. The Balaban J connectivity index is 1.57. The molecule has 0 spiro atoms. The van der Waals surface area contributed by atoms with Gasteiger partial charge in [-0.25, -0.2) is 9.97 Å². The number of fused-ring (bicyclic) bond motifs is 2. The van der Waals surface area contributed by atoms with Crippen molar-refractivity contribution < 1.29 is 14.3 Å². The van der Waals surface area contributed by atoms with Crippen LogP contribution in [-0.4, -0.2) is 72.7 Å². The Morgan fingerprint density at radius 2 is 1.91 bits per heavy atom. The first-order valence-corrected chi connectivity index (χ1v) is 10.7. The van der Waals surface area contributed by atoms with E-state index in [1.54, 1.807) is 12.3 Å². The number of carbonyl (C=O) groups is 2. The molecule has 2 aliphatic heterocycles. The molecule has 1 unspecified atom stereocenters. The first-order chi connectivity index (χ1) is 15.6. The lowest BCUT2D eigenvalue weighted by Gasteiger charge is -2.18. The Kier molecular flexibility index (Phi) is 6.90. The van der Waals surface area contributed by atoms with Gasteiger partial charge >= 0.3 is 0 Å². The quantitative estimate of drug-likeness (QED) is 0.572. The van der Waals surface area contributed by atoms with Crippen LogP contribution in [0.3, 0.4) is 0 Å². The molecule has 2 amide bonds. The molecule has 2 aromatic rings. The number of nitrogens with zero attached hydrogens (tertiary/aromatic N) is 4. The van der Waals surface area contributed by atoms with Crippen LogP contribution in [0.4, 0.5) is 17.3 Å². The predicted molar refractivity (Wildman–Crippen MR) is 122 cm³/mol. The highest BCUT2D eigenvalue weighted by molar-refractivity contribution is 6.13. The van der Waals surface area contributed by atoms with Gasteiger partial charge in [0.05, 0.1) is 17.9 Å². The molecular formula is C22H27N7O3. The Hall–Kier alpha value is -3.53. The summed E-state index contributed by atoms with van der Waals surface area (Å²) < 4.78 is 5.76. The largest absolute Gasteiger partial charge is 0.494 e. The molecule has 1 aromatic carbocycles. The number of likely N-dealkylation sites (N-methyl/N-ethyl adjacent to an activating group) is 1. The van der Waals surface area contributed by atoms with E-state index in [1.807, 2.05) is 25.2 Å². The van der Waals surface area contributed by atoms with E-state index in [4.69, 9.17) is 4.74 Å².